The van der Waals surface area contributed by atoms with E-state index < -0.39 is 0 Å². The van der Waals surface area contributed by atoms with E-state index in [1.165, 1.54) is 0 Å². The Morgan fingerprint density at radius 1 is 0.864 bits per heavy atom. The minimum atomic E-state index is -0.373. The summed E-state index contributed by atoms with van der Waals surface area (Å²) in [5.41, 5.74) is 0.502. The fourth-order valence-corrected chi connectivity index (χ4v) is 2.21. The van der Waals surface area contributed by atoms with Crippen LogP contribution in [0.3, 0.4) is 0 Å². The molecule has 1 heterocycles. The number of hydrogen-bond acceptors (Lipinski definition) is 4. The lowest BCUT2D eigenvalue weighted by molar-refractivity contribution is -0.138. The summed E-state index contributed by atoms with van der Waals surface area (Å²) in [5.74, 6) is 0.500. The Hall–Kier alpha value is -2.37. The van der Waals surface area contributed by atoms with E-state index in [9.17, 15) is 9.59 Å². The maximum absolute atomic E-state index is 11.7. The van der Waals surface area contributed by atoms with Gasteiger partial charge in [0, 0.05) is 5.02 Å². The number of benzene rings is 2. The number of halogens is 1. The fraction of sp³-hybridized carbons (Fsp3) is 0.125. The van der Waals surface area contributed by atoms with Crippen LogP contribution in [0.25, 0.3) is 0 Å². The molecule has 0 atom stereocenters. The highest BCUT2D eigenvalue weighted by Gasteiger charge is 2.27. The molecule has 112 valence electrons. The summed E-state index contributed by atoms with van der Waals surface area (Å²) in [4.78, 5) is 24.6. The molecule has 2 aromatic rings. The quantitative estimate of drug-likeness (QED) is 0.817. The zero-order valence-corrected chi connectivity index (χ0v) is 12.2. The third-order valence-corrected chi connectivity index (χ3v) is 3.35. The minimum absolute atomic E-state index is 0.0885. The van der Waals surface area contributed by atoms with E-state index in [4.69, 9.17) is 21.1 Å². The van der Waals surface area contributed by atoms with Crippen LogP contribution >= 0.6 is 11.6 Å². The first-order valence-corrected chi connectivity index (χ1v) is 6.98. The van der Waals surface area contributed by atoms with Crippen molar-refractivity contribution >= 4 is 29.1 Å². The van der Waals surface area contributed by atoms with E-state index in [-0.39, 0.29) is 25.0 Å². The highest BCUT2D eigenvalue weighted by atomic mass is 35.5. The highest BCUT2D eigenvalue weighted by Crippen LogP contribution is 2.26. The van der Waals surface area contributed by atoms with Crippen molar-refractivity contribution in [1.29, 1.82) is 0 Å². The van der Waals surface area contributed by atoms with Gasteiger partial charge in [-0.05, 0) is 48.5 Å². The molecule has 0 aromatic heterocycles. The number of amides is 2. The van der Waals surface area contributed by atoms with E-state index in [2.05, 4.69) is 0 Å². The standard InChI is InChI=1S/C16H12ClNO4/c17-11-1-5-13(6-2-11)22-14-7-3-12(4-8-14)18-15(19)9-21-10-16(18)20/h1-8H,9-10H2. The average Bonchev–Trinajstić information content (AvgIpc) is 2.51. The number of morpholine rings is 1. The van der Waals surface area contributed by atoms with Gasteiger partial charge in [0.1, 0.15) is 24.7 Å². The maximum atomic E-state index is 11.7. The first kappa shape index (κ1) is 14.6. The molecule has 0 radical (unpaired) electrons. The predicted molar refractivity (Wildman–Crippen MR) is 81.3 cm³/mol. The number of hydrogen-bond donors (Lipinski definition) is 0. The molecule has 0 spiro atoms. The topological polar surface area (TPSA) is 55.8 Å². The molecule has 0 unspecified atom stereocenters. The molecule has 5 nitrogen and oxygen atoms in total. The molecule has 6 heteroatoms. The maximum Gasteiger partial charge on any atom is 0.259 e. The van der Waals surface area contributed by atoms with Crippen LogP contribution in [-0.4, -0.2) is 25.0 Å². The van der Waals surface area contributed by atoms with E-state index in [1.54, 1.807) is 48.5 Å². The minimum Gasteiger partial charge on any atom is -0.457 e. The van der Waals surface area contributed by atoms with Crippen molar-refractivity contribution < 1.29 is 19.1 Å². The normalized spacial score (nSPS) is 15.0. The summed E-state index contributed by atoms with van der Waals surface area (Å²) in [6.45, 7) is -0.177. The van der Waals surface area contributed by atoms with Crippen molar-refractivity contribution in [3.05, 3.63) is 53.6 Å². The summed E-state index contributed by atoms with van der Waals surface area (Å²) in [6.07, 6.45) is 0. The molecular formula is C16H12ClNO4. The Morgan fingerprint density at radius 3 is 1.91 bits per heavy atom. The van der Waals surface area contributed by atoms with Crippen LogP contribution in [0.2, 0.25) is 5.02 Å². The number of carbonyl (C=O) groups is 2. The van der Waals surface area contributed by atoms with Gasteiger partial charge in [-0.2, -0.15) is 0 Å². The molecule has 22 heavy (non-hydrogen) atoms. The Bertz CT molecular complexity index is 681. The summed E-state index contributed by atoms with van der Waals surface area (Å²) >= 11 is 5.81. The molecule has 1 aliphatic heterocycles. The van der Waals surface area contributed by atoms with Gasteiger partial charge in [0.2, 0.25) is 0 Å². The van der Waals surface area contributed by atoms with Crippen LogP contribution in [0.4, 0.5) is 5.69 Å². The van der Waals surface area contributed by atoms with Crippen LogP contribution in [0, 0.1) is 0 Å². The van der Waals surface area contributed by atoms with Crippen LogP contribution in [-0.2, 0) is 14.3 Å². The van der Waals surface area contributed by atoms with Crippen molar-refractivity contribution in [3.63, 3.8) is 0 Å². The first-order chi connectivity index (χ1) is 10.6. The second-order valence-electron chi connectivity index (χ2n) is 4.67. The van der Waals surface area contributed by atoms with E-state index >= 15 is 0 Å². The summed E-state index contributed by atoms with van der Waals surface area (Å²) in [5, 5.41) is 0.632. The smallest absolute Gasteiger partial charge is 0.259 e. The van der Waals surface area contributed by atoms with Crippen LogP contribution in [0.15, 0.2) is 48.5 Å². The third-order valence-electron chi connectivity index (χ3n) is 3.09. The van der Waals surface area contributed by atoms with Gasteiger partial charge in [-0.1, -0.05) is 11.6 Å². The Kier molecular flexibility index (Phi) is 4.09. The van der Waals surface area contributed by atoms with Gasteiger partial charge in [0.05, 0.1) is 5.69 Å². The van der Waals surface area contributed by atoms with Gasteiger partial charge in [0.25, 0.3) is 11.8 Å². The molecule has 0 saturated carbocycles. The molecule has 0 aliphatic carbocycles. The second-order valence-corrected chi connectivity index (χ2v) is 5.10. The lowest BCUT2D eigenvalue weighted by atomic mass is 10.2. The molecule has 0 bridgehead atoms. The van der Waals surface area contributed by atoms with E-state index in [0.29, 0.717) is 22.2 Å². The second kappa shape index (κ2) is 6.17. The van der Waals surface area contributed by atoms with Gasteiger partial charge in [-0.15, -0.1) is 0 Å². The zero-order chi connectivity index (χ0) is 15.5. The lowest BCUT2D eigenvalue weighted by Gasteiger charge is -2.24. The van der Waals surface area contributed by atoms with Crippen molar-refractivity contribution in [2.45, 2.75) is 0 Å². The summed E-state index contributed by atoms with van der Waals surface area (Å²) in [6, 6.07) is 13.7. The summed E-state index contributed by atoms with van der Waals surface area (Å²) < 4.78 is 10.5. The van der Waals surface area contributed by atoms with Gasteiger partial charge in [-0.3, -0.25) is 9.59 Å². The third kappa shape index (κ3) is 3.10. The number of rotatable bonds is 3. The van der Waals surface area contributed by atoms with Gasteiger partial charge >= 0.3 is 0 Å². The van der Waals surface area contributed by atoms with Crippen LogP contribution in [0.5, 0.6) is 11.5 Å². The Morgan fingerprint density at radius 2 is 1.36 bits per heavy atom. The van der Waals surface area contributed by atoms with Crippen molar-refractivity contribution in [2.75, 3.05) is 18.1 Å². The molecule has 0 N–H and O–H groups in total. The highest BCUT2D eigenvalue weighted by molar-refractivity contribution is 6.30. The van der Waals surface area contributed by atoms with Crippen molar-refractivity contribution in [3.8, 4) is 11.5 Å². The van der Waals surface area contributed by atoms with Gasteiger partial charge < -0.3 is 9.47 Å². The van der Waals surface area contributed by atoms with Crippen LogP contribution in [0.1, 0.15) is 0 Å². The van der Waals surface area contributed by atoms with E-state index in [1.807, 2.05) is 0 Å². The first-order valence-electron chi connectivity index (χ1n) is 6.60. The molecule has 1 aliphatic rings. The van der Waals surface area contributed by atoms with Gasteiger partial charge in [0.15, 0.2) is 0 Å². The largest absolute Gasteiger partial charge is 0.457 e. The molecule has 2 amide bonds. The van der Waals surface area contributed by atoms with E-state index in [0.717, 1.165) is 4.90 Å². The molecule has 2 aromatic carbocycles. The average molecular weight is 318 g/mol. The van der Waals surface area contributed by atoms with Gasteiger partial charge in [-0.25, -0.2) is 4.90 Å². The lowest BCUT2D eigenvalue weighted by Crippen LogP contribution is -2.46. The number of imide groups is 1. The monoisotopic (exact) mass is 317 g/mol. The van der Waals surface area contributed by atoms with Crippen LogP contribution < -0.4 is 9.64 Å². The predicted octanol–water partition coefficient (Wildman–Crippen LogP) is 3.02. The van der Waals surface area contributed by atoms with Crippen molar-refractivity contribution in [1.82, 2.24) is 0 Å². The molecular weight excluding hydrogens is 306 g/mol. The number of ether oxygens (including phenoxy) is 2. The SMILES string of the molecule is O=C1COCC(=O)N1c1ccc(Oc2ccc(Cl)cc2)cc1. The Balaban J connectivity index is 1.76. The fourth-order valence-electron chi connectivity index (χ4n) is 2.08. The zero-order valence-electron chi connectivity index (χ0n) is 11.5. The van der Waals surface area contributed by atoms with Crippen molar-refractivity contribution in [2.24, 2.45) is 0 Å². The number of carbonyl (C=O) groups excluding carboxylic acids is 2. The Labute approximate surface area is 132 Å². The number of anilines is 1. The molecule has 3 rings (SSSR count). The molecule has 1 fully saturated rings. The molecule has 1 saturated heterocycles. The number of nitrogens with zero attached hydrogens (tertiary/aromatic N) is 1. The summed E-state index contributed by atoms with van der Waals surface area (Å²) in [7, 11) is 0.